The molecule has 92 valence electrons. The lowest BCUT2D eigenvalue weighted by Gasteiger charge is -2.10. The Hall–Kier alpha value is -1.20. The number of aldehydes is 1. The van der Waals surface area contributed by atoms with Crippen molar-refractivity contribution in [3.05, 3.63) is 56.7 Å². The van der Waals surface area contributed by atoms with E-state index in [9.17, 15) is 4.79 Å². The van der Waals surface area contributed by atoms with Gasteiger partial charge < -0.3 is 4.74 Å². The van der Waals surface area contributed by atoms with Crippen LogP contribution in [0, 0.1) is 0 Å². The first kappa shape index (κ1) is 13.2. The van der Waals surface area contributed by atoms with Crippen LogP contribution in [0.5, 0.6) is 5.75 Å². The second-order valence-electron chi connectivity index (χ2n) is 3.53. The van der Waals surface area contributed by atoms with Crippen molar-refractivity contribution in [1.82, 2.24) is 4.98 Å². The second-order valence-corrected chi connectivity index (χ2v) is 5.30. The summed E-state index contributed by atoms with van der Waals surface area (Å²) >= 11 is 6.71. The third kappa shape index (κ3) is 3.17. The summed E-state index contributed by atoms with van der Waals surface area (Å²) in [5, 5.41) is 0. The molecule has 0 radical (unpaired) electrons. The number of hydrogen-bond donors (Lipinski definition) is 0. The molecule has 0 spiro atoms. The summed E-state index contributed by atoms with van der Waals surface area (Å²) in [7, 11) is 0. The van der Waals surface area contributed by atoms with Gasteiger partial charge in [-0.05, 0) is 40.2 Å². The first-order valence-electron chi connectivity index (χ1n) is 5.17. The number of pyridine rings is 1. The molecule has 2 aromatic rings. The maximum atomic E-state index is 11.0. The smallest absolute Gasteiger partial charge is 0.153 e. The van der Waals surface area contributed by atoms with Gasteiger partial charge in [0.1, 0.15) is 12.4 Å². The van der Waals surface area contributed by atoms with Crippen molar-refractivity contribution in [3.63, 3.8) is 0 Å². The number of carbonyl (C=O) groups is 1. The fourth-order valence-corrected chi connectivity index (χ4v) is 2.82. The average Bonchev–Trinajstić information content (AvgIpc) is 2.38. The minimum absolute atomic E-state index is 0.321. The Morgan fingerprint density at radius 3 is 2.78 bits per heavy atom. The van der Waals surface area contributed by atoms with E-state index in [4.69, 9.17) is 4.74 Å². The highest BCUT2D eigenvalue weighted by molar-refractivity contribution is 9.11. The van der Waals surface area contributed by atoms with Crippen molar-refractivity contribution in [2.24, 2.45) is 0 Å². The van der Waals surface area contributed by atoms with Gasteiger partial charge in [-0.2, -0.15) is 0 Å². The van der Waals surface area contributed by atoms with E-state index in [0.717, 1.165) is 20.9 Å². The van der Waals surface area contributed by atoms with Crippen LogP contribution in [-0.4, -0.2) is 11.3 Å². The van der Waals surface area contributed by atoms with Crippen molar-refractivity contribution < 1.29 is 9.53 Å². The lowest BCUT2D eigenvalue weighted by Crippen LogP contribution is -2.00. The van der Waals surface area contributed by atoms with Gasteiger partial charge in [0, 0.05) is 10.7 Å². The Balaban J connectivity index is 2.21. The maximum absolute atomic E-state index is 11.0. The van der Waals surface area contributed by atoms with Crippen LogP contribution in [0.1, 0.15) is 16.1 Å². The van der Waals surface area contributed by atoms with Gasteiger partial charge >= 0.3 is 0 Å². The third-order valence-corrected chi connectivity index (χ3v) is 3.30. The van der Waals surface area contributed by atoms with E-state index in [-0.39, 0.29) is 0 Å². The number of benzene rings is 1. The van der Waals surface area contributed by atoms with Crippen molar-refractivity contribution in [2.75, 3.05) is 0 Å². The summed E-state index contributed by atoms with van der Waals surface area (Å²) in [6.45, 7) is 0.321. The number of hydrogen-bond acceptors (Lipinski definition) is 3. The topological polar surface area (TPSA) is 39.2 Å². The van der Waals surface area contributed by atoms with E-state index in [2.05, 4.69) is 36.8 Å². The van der Waals surface area contributed by atoms with Crippen LogP contribution in [0.4, 0.5) is 0 Å². The second kappa shape index (κ2) is 6.11. The van der Waals surface area contributed by atoms with E-state index < -0.39 is 0 Å². The molecular formula is C13H9Br2NO2. The summed E-state index contributed by atoms with van der Waals surface area (Å²) in [6, 6.07) is 9.15. The zero-order valence-electron chi connectivity index (χ0n) is 9.27. The van der Waals surface area contributed by atoms with E-state index in [1.54, 1.807) is 12.3 Å². The van der Waals surface area contributed by atoms with Crippen LogP contribution >= 0.6 is 31.9 Å². The van der Waals surface area contributed by atoms with Gasteiger partial charge in [-0.15, -0.1) is 0 Å². The standard InChI is InChI=1S/C13H9Br2NO2/c14-10-5-9(7-17)13(12(15)6-10)18-8-11-3-1-2-4-16-11/h1-7H,8H2. The van der Waals surface area contributed by atoms with Crippen LogP contribution in [0.3, 0.4) is 0 Å². The zero-order valence-corrected chi connectivity index (χ0v) is 12.4. The minimum atomic E-state index is 0.321. The van der Waals surface area contributed by atoms with Crippen molar-refractivity contribution in [2.45, 2.75) is 6.61 Å². The molecule has 0 aliphatic rings. The van der Waals surface area contributed by atoms with E-state index in [1.165, 1.54) is 0 Å². The molecule has 0 unspecified atom stereocenters. The van der Waals surface area contributed by atoms with E-state index in [1.807, 2.05) is 24.3 Å². The normalized spacial score (nSPS) is 10.1. The molecule has 0 bridgehead atoms. The predicted molar refractivity (Wildman–Crippen MR) is 75.8 cm³/mol. The van der Waals surface area contributed by atoms with Gasteiger partial charge in [0.2, 0.25) is 0 Å². The Morgan fingerprint density at radius 1 is 1.28 bits per heavy atom. The van der Waals surface area contributed by atoms with Gasteiger partial charge in [-0.25, -0.2) is 0 Å². The molecule has 3 nitrogen and oxygen atoms in total. The molecule has 1 heterocycles. The fourth-order valence-electron chi connectivity index (χ4n) is 1.45. The lowest BCUT2D eigenvalue weighted by molar-refractivity contribution is 0.111. The van der Waals surface area contributed by atoms with Gasteiger partial charge in [0.25, 0.3) is 0 Å². The molecule has 1 aromatic carbocycles. The van der Waals surface area contributed by atoms with Crippen LogP contribution in [0.15, 0.2) is 45.5 Å². The zero-order chi connectivity index (χ0) is 13.0. The number of halogens is 2. The number of carbonyl (C=O) groups excluding carboxylic acids is 1. The molecular weight excluding hydrogens is 362 g/mol. The quantitative estimate of drug-likeness (QED) is 0.763. The van der Waals surface area contributed by atoms with Crippen molar-refractivity contribution in [3.8, 4) is 5.75 Å². The van der Waals surface area contributed by atoms with Gasteiger partial charge in [-0.1, -0.05) is 22.0 Å². The first-order chi connectivity index (χ1) is 8.70. The van der Waals surface area contributed by atoms with Crippen LogP contribution in [0.2, 0.25) is 0 Å². The molecule has 18 heavy (non-hydrogen) atoms. The van der Waals surface area contributed by atoms with Crippen molar-refractivity contribution >= 4 is 38.1 Å². The Bertz CT molecular complexity index is 558. The van der Waals surface area contributed by atoms with E-state index >= 15 is 0 Å². The molecule has 0 saturated carbocycles. The highest BCUT2D eigenvalue weighted by Gasteiger charge is 2.10. The molecule has 0 amide bonds. The maximum Gasteiger partial charge on any atom is 0.153 e. The molecule has 0 aliphatic carbocycles. The predicted octanol–water partition coefficient (Wildman–Crippen LogP) is 4.00. The molecule has 0 saturated heterocycles. The summed E-state index contributed by atoms with van der Waals surface area (Å²) < 4.78 is 7.19. The third-order valence-electron chi connectivity index (χ3n) is 2.25. The van der Waals surface area contributed by atoms with Crippen LogP contribution < -0.4 is 4.74 Å². The summed E-state index contributed by atoms with van der Waals surface area (Å²) in [6.07, 6.45) is 2.47. The van der Waals surface area contributed by atoms with Crippen molar-refractivity contribution in [1.29, 1.82) is 0 Å². The highest BCUT2D eigenvalue weighted by atomic mass is 79.9. The largest absolute Gasteiger partial charge is 0.485 e. The summed E-state index contributed by atoms with van der Waals surface area (Å²) in [5.41, 5.74) is 1.30. The average molecular weight is 371 g/mol. The Morgan fingerprint density at radius 2 is 2.11 bits per heavy atom. The summed E-state index contributed by atoms with van der Waals surface area (Å²) in [4.78, 5) is 15.2. The fraction of sp³-hybridized carbons (Fsp3) is 0.0769. The Kier molecular flexibility index (Phi) is 4.49. The first-order valence-corrected chi connectivity index (χ1v) is 6.76. The molecule has 0 atom stereocenters. The number of nitrogens with zero attached hydrogens (tertiary/aromatic N) is 1. The lowest BCUT2D eigenvalue weighted by atomic mass is 10.2. The van der Waals surface area contributed by atoms with Crippen LogP contribution in [0.25, 0.3) is 0 Å². The molecule has 5 heteroatoms. The minimum Gasteiger partial charge on any atom is -0.485 e. The highest BCUT2D eigenvalue weighted by Crippen LogP contribution is 2.32. The number of aromatic nitrogens is 1. The van der Waals surface area contributed by atoms with Gasteiger partial charge in [0.05, 0.1) is 15.7 Å². The molecule has 1 aromatic heterocycles. The number of rotatable bonds is 4. The summed E-state index contributed by atoms with van der Waals surface area (Å²) in [5.74, 6) is 0.527. The monoisotopic (exact) mass is 369 g/mol. The Labute approximate surface area is 121 Å². The molecule has 0 fully saturated rings. The van der Waals surface area contributed by atoms with Crippen LogP contribution in [-0.2, 0) is 6.61 Å². The van der Waals surface area contributed by atoms with Gasteiger partial charge in [-0.3, -0.25) is 9.78 Å². The molecule has 2 rings (SSSR count). The number of ether oxygens (including phenoxy) is 1. The van der Waals surface area contributed by atoms with E-state index in [0.29, 0.717) is 17.9 Å². The van der Waals surface area contributed by atoms with Gasteiger partial charge in [0.15, 0.2) is 6.29 Å². The molecule has 0 aliphatic heterocycles. The SMILES string of the molecule is O=Cc1cc(Br)cc(Br)c1OCc1ccccn1. The molecule has 0 N–H and O–H groups in total.